The van der Waals surface area contributed by atoms with Crippen LogP contribution in [0.25, 0.3) is 0 Å². The van der Waals surface area contributed by atoms with Crippen LogP contribution in [-0.2, 0) is 20.9 Å². The van der Waals surface area contributed by atoms with Crippen molar-refractivity contribution in [2.75, 3.05) is 0 Å². The van der Waals surface area contributed by atoms with E-state index in [0.29, 0.717) is 13.0 Å². The van der Waals surface area contributed by atoms with Gasteiger partial charge in [0, 0.05) is 6.54 Å². The first-order chi connectivity index (χ1) is 9.11. The summed E-state index contributed by atoms with van der Waals surface area (Å²) in [6, 6.07) is 7.95. The highest BCUT2D eigenvalue weighted by Gasteiger charge is 2.46. The second-order valence-corrected chi connectivity index (χ2v) is 4.96. The van der Waals surface area contributed by atoms with E-state index in [1.165, 1.54) is 0 Å². The first kappa shape index (κ1) is 13.6. The van der Waals surface area contributed by atoms with E-state index in [2.05, 4.69) is 5.32 Å². The number of amides is 1. The third-order valence-electron chi connectivity index (χ3n) is 3.32. The third-order valence-corrected chi connectivity index (χ3v) is 3.32. The van der Waals surface area contributed by atoms with Gasteiger partial charge in [-0.1, -0.05) is 43.2 Å². The Bertz CT molecular complexity index is 484. The van der Waals surface area contributed by atoms with Gasteiger partial charge in [0.1, 0.15) is 5.92 Å². The maximum atomic E-state index is 11.9. The van der Waals surface area contributed by atoms with Gasteiger partial charge in [-0.05, 0) is 18.9 Å². The summed E-state index contributed by atoms with van der Waals surface area (Å²) in [5, 5.41) is 2.82. The first-order valence-electron chi connectivity index (χ1n) is 6.65. The predicted molar refractivity (Wildman–Crippen MR) is 71.3 cm³/mol. The van der Waals surface area contributed by atoms with Gasteiger partial charge in [-0.25, -0.2) is 0 Å². The summed E-state index contributed by atoms with van der Waals surface area (Å²) in [7, 11) is 0. The molecule has 1 aromatic rings. The minimum atomic E-state index is -0.600. The van der Waals surface area contributed by atoms with E-state index in [4.69, 9.17) is 4.74 Å². The molecule has 1 saturated heterocycles. The van der Waals surface area contributed by atoms with E-state index in [0.717, 1.165) is 17.5 Å². The van der Waals surface area contributed by atoms with Gasteiger partial charge in [0.15, 0.2) is 6.10 Å². The molecule has 4 heteroatoms. The monoisotopic (exact) mass is 261 g/mol. The summed E-state index contributed by atoms with van der Waals surface area (Å²) in [4.78, 5) is 23.2. The zero-order valence-electron chi connectivity index (χ0n) is 11.3. The summed E-state index contributed by atoms with van der Waals surface area (Å²) in [6.45, 7) is 4.47. The second-order valence-electron chi connectivity index (χ2n) is 4.96. The Labute approximate surface area is 113 Å². The molecule has 1 aliphatic rings. The molecule has 0 aromatic heterocycles. The maximum absolute atomic E-state index is 11.9. The number of esters is 1. The van der Waals surface area contributed by atoms with Gasteiger partial charge < -0.3 is 10.1 Å². The summed E-state index contributed by atoms with van der Waals surface area (Å²) >= 11 is 0. The zero-order chi connectivity index (χ0) is 13.8. The average Bonchev–Trinajstić information content (AvgIpc) is 2.39. The number of carbonyl (C=O) groups is 2. The molecule has 1 fully saturated rings. The molecular weight excluding hydrogens is 242 g/mol. The molecule has 19 heavy (non-hydrogen) atoms. The summed E-state index contributed by atoms with van der Waals surface area (Å²) in [5.74, 6) is -0.709. The van der Waals surface area contributed by atoms with Gasteiger partial charge >= 0.3 is 5.97 Å². The minimum Gasteiger partial charge on any atom is -0.451 e. The van der Waals surface area contributed by atoms with Crippen molar-refractivity contribution in [3.63, 3.8) is 0 Å². The highest BCUT2D eigenvalue weighted by Crippen LogP contribution is 2.26. The lowest BCUT2D eigenvalue weighted by atomic mass is 9.91. The fourth-order valence-corrected chi connectivity index (χ4v) is 2.27. The normalized spacial score (nSPS) is 21.5. The average molecular weight is 261 g/mol. The molecule has 1 N–H and O–H groups in total. The number of cyclic esters (lactones) is 1. The zero-order valence-corrected chi connectivity index (χ0v) is 11.3. The third kappa shape index (κ3) is 3.13. The summed E-state index contributed by atoms with van der Waals surface area (Å²) in [5.41, 5.74) is 2.21. The van der Waals surface area contributed by atoms with Crippen LogP contribution >= 0.6 is 0 Å². The van der Waals surface area contributed by atoms with Crippen LogP contribution in [0.4, 0.5) is 0 Å². The van der Waals surface area contributed by atoms with Gasteiger partial charge in [-0.3, -0.25) is 9.59 Å². The number of hydrogen-bond acceptors (Lipinski definition) is 3. The van der Waals surface area contributed by atoms with Gasteiger partial charge in [0.25, 0.3) is 5.91 Å². The smallest absolute Gasteiger partial charge is 0.314 e. The molecule has 0 radical (unpaired) electrons. The lowest BCUT2D eigenvalue weighted by Gasteiger charge is -2.33. The van der Waals surface area contributed by atoms with Crippen LogP contribution in [0.2, 0.25) is 0 Å². The van der Waals surface area contributed by atoms with Crippen LogP contribution in [-0.4, -0.2) is 18.0 Å². The Morgan fingerprint density at radius 2 is 2.21 bits per heavy atom. The molecule has 0 aliphatic carbocycles. The lowest BCUT2D eigenvalue weighted by molar-refractivity contribution is -0.189. The molecule has 102 valence electrons. The highest BCUT2D eigenvalue weighted by molar-refractivity contribution is 5.94. The number of benzene rings is 1. The Morgan fingerprint density at radius 1 is 1.42 bits per heavy atom. The van der Waals surface area contributed by atoms with Crippen molar-refractivity contribution in [1.82, 2.24) is 5.32 Å². The number of aryl methyl sites for hydroxylation is 1. The lowest BCUT2D eigenvalue weighted by Crippen LogP contribution is -2.53. The Kier molecular flexibility index (Phi) is 4.20. The molecule has 1 amide bonds. The number of ether oxygens (including phenoxy) is 1. The SMILES string of the molecule is CCCC1C(=O)O[C@H]1C(=O)NCc1cccc(C)c1. The van der Waals surface area contributed by atoms with Gasteiger partial charge in [0.05, 0.1) is 0 Å². The molecule has 0 bridgehead atoms. The first-order valence-corrected chi connectivity index (χ1v) is 6.65. The van der Waals surface area contributed by atoms with Crippen LogP contribution in [0.5, 0.6) is 0 Å². The Balaban J connectivity index is 1.86. The number of rotatable bonds is 5. The molecule has 1 unspecified atom stereocenters. The van der Waals surface area contributed by atoms with Crippen molar-refractivity contribution in [3.8, 4) is 0 Å². The van der Waals surface area contributed by atoms with Gasteiger partial charge in [-0.2, -0.15) is 0 Å². The van der Waals surface area contributed by atoms with Crippen LogP contribution in [0, 0.1) is 12.8 Å². The van der Waals surface area contributed by atoms with Gasteiger partial charge in [-0.15, -0.1) is 0 Å². The molecular formula is C15H19NO3. The van der Waals surface area contributed by atoms with E-state index >= 15 is 0 Å². The number of carbonyl (C=O) groups excluding carboxylic acids is 2. The van der Waals surface area contributed by atoms with E-state index < -0.39 is 6.10 Å². The van der Waals surface area contributed by atoms with Crippen molar-refractivity contribution in [2.24, 2.45) is 5.92 Å². The van der Waals surface area contributed by atoms with E-state index in [9.17, 15) is 9.59 Å². The number of nitrogens with one attached hydrogen (secondary N) is 1. The molecule has 1 aromatic carbocycles. The van der Waals surface area contributed by atoms with Crippen molar-refractivity contribution in [3.05, 3.63) is 35.4 Å². The maximum Gasteiger partial charge on any atom is 0.314 e. The van der Waals surface area contributed by atoms with Crippen molar-refractivity contribution in [1.29, 1.82) is 0 Å². The topological polar surface area (TPSA) is 55.4 Å². The summed E-state index contributed by atoms with van der Waals surface area (Å²) in [6.07, 6.45) is 0.986. The molecule has 0 saturated carbocycles. The number of hydrogen-bond donors (Lipinski definition) is 1. The van der Waals surface area contributed by atoms with E-state index in [-0.39, 0.29) is 17.8 Å². The van der Waals surface area contributed by atoms with Crippen molar-refractivity contribution < 1.29 is 14.3 Å². The molecule has 1 aliphatic heterocycles. The largest absolute Gasteiger partial charge is 0.451 e. The fraction of sp³-hybridized carbons (Fsp3) is 0.467. The van der Waals surface area contributed by atoms with Gasteiger partial charge in [0.2, 0.25) is 0 Å². The molecule has 2 atom stereocenters. The predicted octanol–water partition coefficient (Wildman–Crippen LogP) is 1.95. The summed E-state index contributed by atoms with van der Waals surface area (Å²) < 4.78 is 4.93. The molecule has 1 heterocycles. The van der Waals surface area contributed by atoms with Crippen molar-refractivity contribution >= 4 is 11.9 Å². The van der Waals surface area contributed by atoms with Crippen LogP contribution in [0.3, 0.4) is 0 Å². The molecule has 4 nitrogen and oxygen atoms in total. The van der Waals surface area contributed by atoms with Crippen molar-refractivity contribution in [2.45, 2.75) is 39.3 Å². The van der Waals surface area contributed by atoms with Crippen LogP contribution in [0.15, 0.2) is 24.3 Å². The Hall–Kier alpha value is -1.84. The Morgan fingerprint density at radius 3 is 2.84 bits per heavy atom. The fourth-order valence-electron chi connectivity index (χ4n) is 2.27. The molecule has 0 spiro atoms. The van der Waals surface area contributed by atoms with E-state index in [1.54, 1.807) is 0 Å². The van der Waals surface area contributed by atoms with Crippen LogP contribution in [0.1, 0.15) is 30.9 Å². The standard InChI is InChI=1S/C15H19NO3/c1-3-5-12-13(19-15(12)18)14(17)16-9-11-7-4-6-10(2)8-11/h4,6-8,12-13H,3,5,9H2,1-2H3,(H,16,17)/t12?,13-/m1/s1. The van der Waals surface area contributed by atoms with E-state index in [1.807, 2.05) is 38.1 Å². The minimum absolute atomic E-state index is 0.195. The highest BCUT2D eigenvalue weighted by atomic mass is 16.6. The second kappa shape index (κ2) is 5.87. The van der Waals surface area contributed by atoms with Crippen LogP contribution < -0.4 is 5.32 Å². The quantitative estimate of drug-likeness (QED) is 0.824. The molecule has 2 rings (SSSR count).